The molecule has 0 spiro atoms. The Balaban J connectivity index is 1.91. The highest BCUT2D eigenvalue weighted by molar-refractivity contribution is 5.82. The average Bonchev–Trinajstić information content (AvgIpc) is 2.52. The summed E-state index contributed by atoms with van der Waals surface area (Å²) < 4.78 is 5.63. The molecule has 2 atom stereocenters. The number of piperidine rings is 1. The molecule has 1 aliphatic rings. The molecule has 1 aromatic rings. The Bertz CT molecular complexity index is 531. The van der Waals surface area contributed by atoms with Gasteiger partial charge in [0, 0.05) is 13.1 Å². The standard InChI is InChI=1S/C17H23NO4/c1-13(22-11-14-7-4-3-5-8-14)15(19)18-10-6-9-17(2,12-18)16(20)21/h3-5,7-8,13H,6,9-12H2,1-2H3,(H,20,21). The Labute approximate surface area is 130 Å². The fourth-order valence-electron chi connectivity index (χ4n) is 2.73. The quantitative estimate of drug-likeness (QED) is 0.906. The second kappa shape index (κ2) is 6.92. The molecule has 22 heavy (non-hydrogen) atoms. The number of amides is 1. The van der Waals surface area contributed by atoms with Crippen molar-refractivity contribution in [3.8, 4) is 0 Å². The van der Waals surface area contributed by atoms with Crippen LogP contribution in [-0.2, 0) is 20.9 Å². The number of hydrogen-bond acceptors (Lipinski definition) is 3. The van der Waals surface area contributed by atoms with Gasteiger partial charge in [-0.05, 0) is 32.3 Å². The van der Waals surface area contributed by atoms with Gasteiger partial charge in [-0.2, -0.15) is 0 Å². The van der Waals surface area contributed by atoms with Gasteiger partial charge in [0.15, 0.2) is 0 Å². The summed E-state index contributed by atoms with van der Waals surface area (Å²) in [4.78, 5) is 25.4. The Morgan fingerprint density at radius 2 is 2.05 bits per heavy atom. The van der Waals surface area contributed by atoms with Gasteiger partial charge in [0.2, 0.25) is 0 Å². The number of carbonyl (C=O) groups excluding carboxylic acids is 1. The van der Waals surface area contributed by atoms with Crippen LogP contribution in [0, 0.1) is 5.41 Å². The van der Waals surface area contributed by atoms with E-state index in [2.05, 4.69) is 0 Å². The molecule has 1 heterocycles. The molecule has 1 fully saturated rings. The first kappa shape index (κ1) is 16.5. The summed E-state index contributed by atoms with van der Waals surface area (Å²) >= 11 is 0. The number of carboxylic acid groups (broad SMARTS) is 1. The van der Waals surface area contributed by atoms with Crippen molar-refractivity contribution in [3.63, 3.8) is 0 Å². The average molecular weight is 305 g/mol. The molecule has 1 N–H and O–H groups in total. The minimum atomic E-state index is -0.854. The zero-order valence-corrected chi connectivity index (χ0v) is 13.1. The van der Waals surface area contributed by atoms with Crippen LogP contribution in [0.3, 0.4) is 0 Å². The predicted molar refractivity (Wildman–Crippen MR) is 82.2 cm³/mol. The van der Waals surface area contributed by atoms with Crippen LogP contribution in [0.4, 0.5) is 0 Å². The maximum Gasteiger partial charge on any atom is 0.311 e. The molecule has 0 bridgehead atoms. The molecule has 2 unspecified atom stereocenters. The molecule has 0 aliphatic carbocycles. The summed E-state index contributed by atoms with van der Waals surface area (Å²) in [5.74, 6) is -0.981. The van der Waals surface area contributed by atoms with Crippen molar-refractivity contribution in [2.24, 2.45) is 5.41 Å². The van der Waals surface area contributed by atoms with E-state index in [0.29, 0.717) is 26.0 Å². The van der Waals surface area contributed by atoms with Crippen molar-refractivity contribution in [1.82, 2.24) is 4.90 Å². The summed E-state index contributed by atoms with van der Waals surface area (Å²) in [6, 6.07) is 9.67. The van der Waals surface area contributed by atoms with E-state index < -0.39 is 17.5 Å². The number of likely N-dealkylation sites (tertiary alicyclic amines) is 1. The Morgan fingerprint density at radius 3 is 2.68 bits per heavy atom. The summed E-state index contributed by atoms with van der Waals surface area (Å²) in [5, 5.41) is 9.32. The van der Waals surface area contributed by atoms with Gasteiger partial charge in [0.05, 0.1) is 12.0 Å². The molecule has 5 heteroatoms. The van der Waals surface area contributed by atoms with Gasteiger partial charge in [-0.1, -0.05) is 30.3 Å². The molecule has 1 saturated heterocycles. The second-order valence-electron chi connectivity index (χ2n) is 6.17. The van der Waals surface area contributed by atoms with Crippen molar-refractivity contribution < 1.29 is 19.4 Å². The fourth-order valence-corrected chi connectivity index (χ4v) is 2.73. The van der Waals surface area contributed by atoms with Crippen LogP contribution in [0.1, 0.15) is 32.3 Å². The molecule has 0 aromatic heterocycles. The third-order valence-electron chi connectivity index (χ3n) is 4.22. The second-order valence-corrected chi connectivity index (χ2v) is 6.17. The number of hydrogen-bond donors (Lipinski definition) is 1. The molecule has 1 aliphatic heterocycles. The Kier molecular flexibility index (Phi) is 5.19. The number of ether oxygens (including phenoxy) is 1. The van der Waals surface area contributed by atoms with Gasteiger partial charge in [-0.25, -0.2) is 0 Å². The number of aliphatic carboxylic acids is 1. The number of rotatable bonds is 5. The van der Waals surface area contributed by atoms with E-state index in [1.165, 1.54) is 0 Å². The van der Waals surface area contributed by atoms with E-state index in [1.54, 1.807) is 18.7 Å². The van der Waals surface area contributed by atoms with Crippen molar-refractivity contribution >= 4 is 11.9 Å². The summed E-state index contributed by atoms with van der Waals surface area (Å²) in [7, 11) is 0. The third-order valence-corrected chi connectivity index (χ3v) is 4.22. The van der Waals surface area contributed by atoms with E-state index in [1.807, 2.05) is 30.3 Å². The van der Waals surface area contributed by atoms with Gasteiger partial charge < -0.3 is 14.7 Å². The van der Waals surface area contributed by atoms with Crippen molar-refractivity contribution in [2.45, 2.75) is 39.4 Å². The largest absolute Gasteiger partial charge is 0.481 e. The van der Waals surface area contributed by atoms with Gasteiger partial charge >= 0.3 is 5.97 Å². The molecule has 1 amide bonds. The van der Waals surface area contributed by atoms with Crippen LogP contribution in [0.25, 0.3) is 0 Å². The van der Waals surface area contributed by atoms with Gasteiger partial charge in [0.25, 0.3) is 5.91 Å². The number of nitrogens with zero attached hydrogens (tertiary/aromatic N) is 1. The normalized spacial score (nSPS) is 23.1. The monoisotopic (exact) mass is 305 g/mol. The van der Waals surface area contributed by atoms with Crippen molar-refractivity contribution in [1.29, 1.82) is 0 Å². The van der Waals surface area contributed by atoms with Crippen LogP contribution >= 0.6 is 0 Å². The molecular formula is C17H23NO4. The highest BCUT2D eigenvalue weighted by Gasteiger charge is 2.40. The topological polar surface area (TPSA) is 66.8 Å². The van der Waals surface area contributed by atoms with E-state index in [-0.39, 0.29) is 12.5 Å². The molecule has 120 valence electrons. The molecule has 0 saturated carbocycles. The zero-order chi connectivity index (χ0) is 16.2. The van der Waals surface area contributed by atoms with Crippen LogP contribution in [0.2, 0.25) is 0 Å². The minimum absolute atomic E-state index is 0.136. The van der Waals surface area contributed by atoms with E-state index >= 15 is 0 Å². The number of carboxylic acids is 1. The van der Waals surface area contributed by atoms with E-state index in [4.69, 9.17) is 4.74 Å². The lowest BCUT2D eigenvalue weighted by molar-refractivity contribution is -0.156. The molecular weight excluding hydrogens is 282 g/mol. The van der Waals surface area contributed by atoms with Crippen molar-refractivity contribution in [3.05, 3.63) is 35.9 Å². The molecule has 0 radical (unpaired) electrons. The van der Waals surface area contributed by atoms with Gasteiger partial charge in [-0.3, -0.25) is 9.59 Å². The molecule has 2 rings (SSSR count). The summed E-state index contributed by atoms with van der Waals surface area (Å²) in [6.45, 7) is 4.64. The Hall–Kier alpha value is -1.88. The smallest absolute Gasteiger partial charge is 0.311 e. The molecule has 1 aromatic carbocycles. The number of benzene rings is 1. The molecule has 5 nitrogen and oxygen atoms in total. The first-order chi connectivity index (χ1) is 10.4. The summed E-state index contributed by atoms with van der Waals surface area (Å²) in [6.07, 6.45) is 0.738. The van der Waals surface area contributed by atoms with Crippen LogP contribution < -0.4 is 0 Å². The van der Waals surface area contributed by atoms with E-state index in [9.17, 15) is 14.7 Å². The van der Waals surface area contributed by atoms with E-state index in [0.717, 1.165) is 5.56 Å². The van der Waals surface area contributed by atoms with Crippen molar-refractivity contribution in [2.75, 3.05) is 13.1 Å². The fraction of sp³-hybridized carbons (Fsp3) is 0.529. The highest BCUT2D eigenvalue weighted by Crippen LogP contribution is 2.30. The van der Waals surface area contributed by atoms with Crippen LogP contribution in [0.15, 0.2) is 30.3 Å². The number of carbonyl (C=O) groups is 2. The zero-order valence-electron chi connectivity index (χ0n) is 13.1. The van der Waals surface area contributed by atoms with Crippen LogP contribution in [0.5, 0.6) is 0 Å². The maximum atomic E-state index is 12.4. The summed E-state index contributed by atoms with van der Waals surface area (Å²) in [5.41, 5.74) is 0.156. The lowest BCUT2D eigenvalue weighted by atomic mass is 9.82. The Morgan fingerprint density at radius 1 is 1.36 bits per heavy atom. The third kappa shape index (κ3) is 3.85. The highest BCUT2D eigenvalue weighted by atomic mass is 16.5. The SMILES string of the molecule is CC(OCc1ccccc1)C(=O)N1CCCC(C)(C(=O)O)C1. The predicted octanol–water partition coefficient (Wildman–Crippen LogP) is 2.31. The lowest BCUT2D eigenvalue weighted by Crippen LogP contribution is -2.51. The maximum absolute atomic E-state index is 12.4. The lowest BCUT2D eigenvalue weighted by Gasteiger charge is -2.38. The minimum Gasteiger partial charge on any atom is -0.481 e. The van der Waals surface area contributed by atoms with Crippen LogP contribution in [-0.4, -0.2) is 41.1 Å². The van der Waals surface area contributed by atoms with Gasteiger partial charge in [0.1, 0.15) is 6.10 Å². The first-order valence-corrected chi connectivity index (χ1v) is 7.60. The van der Waals surface area contributed by atoms with Gasteiger partial charge in [-0.15, -0.1) is 0 Å². The first-order valence-electron chi connectivity index (χ1n) is 7.60.